The van der Waals surface area contributed by atoms with Crippen LogP contribution < -0.4 is 0 Å². The van der Waals surface area contributed by atoms with E-state index in [1.54, 1.807) is 0 Å². The number of ether oxygens (including phenoxy) is 2. The molecule has 1 N–H and O–H groups in total. The number of aliphatic hydroxyl groups excluding tert-OH is 1. The molecule has 0 radical (unpaired) electrons. The van der Waals surface area contributed by atoms with Gasteiger partial charge in [-0.1, -0.05) is 163 Å². The number of hydrogen-bond acceptors (Lipinski definition) is 4. The number of carbonyl (C=O) groups is 1. The SMILES string of the molecule is CC/C=C\C/C=C\C/C=C\C/C=C\C/C=C\C/C=C\CCCCCCCCC(=O)OC(CO)COCCCCCCCC/C=C\CCCCC. The first-order chi connectivity index (χ1) is 24.7. The van der Waals surface area contributed by atoms with Crippen LogP contribution >= 0.6 is 0 Å². The minimum absolute atomic E-state index is 0.185. The summed E-state index contributed by atoms with van der Waals surface area (Å²) in [5, 5.41) is 9.58. The van der Waals surface area contributed by atoms with Crippen molar-refractivity contribution in [1.82, 2.24) is 0 Å². The first-order valence-electron chi connectivity index (χ1n) is 20.7. The second kappa shape index (κ2) is 42.7. The predicted molar refractivity (Wildman–Crippen MR) is 219 cm³/mol. The molecule has 0 aromatic rings. The summed E-state index contributed by atoms with van der Waals surface area (Å²) in [4.78, 5) is 12.2. The molecule has 0 fully saturated rings. The maximum Gasteiger partial charge on any atom is 0.306 e. The molecule has 0 heterocycles. The highest BCUT2D eigenvalue weighted by molar-refractivity contribution is 5.69. The fourth-order valence-electron chi connectivity index (χ4n) is 5.38. The first kappa shape index (κ1) is 47.6. The number of unbranched alkanes of at least 4 members (excludes halogenated alkanes) is 15. The Labute approximate surface area is 310 Å². The van der Waals surface area contributed by atoms with Gasteiger partial charge in [0, 0.05) is 13.0 Å². The fraction of sp³-hybridized carbons (Fsp3) is 0.674. The molecule has 0 aliphatic rings. The van der Waals surface area contributed by atoms with E-state index in [4.69, 9.17) is 9.47 Å². The molecule has 1 atom stereocenters. The fourth-order valence-corrected chi connectivity index (χ4v) is 5.38. The van der Waals surface area contributed by atoms with Crippen molar-refractivity contribution in [3.63, 3.8) is 0 Å². The molecule has 0 aliphatic carbocycles. The second-order valence-corrected chi connectivity index (χ2v) is 13.3. The van der Waals surface area contributed by atoms with E-state index < -0.39 is 6.10 Å². The summed E-state index contributed by atoms with van der Waals surface area (Å²) >= 11 is 0. The lowest BCUT2D eigenvalue weighted by Crippen LogP contribution is -2.27. The number of allylic oxidation sites excluding steroid dienone is 14. The van der Waals surface area contributed by atoms with Crippen LogP contribution in [0.1, 0.15) is 174 Å². The van der Waals surface area contributed by atoms with Gasteiger partial charge in [-0.3, -0.25) is 4.79 Å². The maximum absolute atomic E-state index is 12.2. The summed E-state index contributed by atoms with van der Waals surface area (Å²) in [6.45, 7) is 5.17. The Hall–Kier alpha value is -2.43. The minimum Gasteiger partial charge on any atom is -0.457 e. The number of rotatable bonds is 37. The Balaban J connectivity index is 3.54. The molecule has 0 bridgehead atoms. The van der Waals surface area contributed by atoms with E-state index in [9.17, 15) is 9.90 Å². The van der Waals surface area contributed by atoms with E-state index in [0.29, 0.717) is 13.0 Å². The van der Waals surface area contributed by atoms with Crippen LogP contribution in [0.25, 0.3) is 0 Å². The molecular weight excluding hydrogens is 617 g/mol. The van der Waals surface area contributed by atoms with Gasteiger partial charge in [0.05, 0.1) is 13.2 Å². The first-order valence-corrected chi connectivity index (χ1v) is 20.7. The van der Waals surface area contributed by atoms with E-state index in [2.05, 4.69) is 98.9 Å². The van der Waals surface area contributed by atoms with Crippen LogP contribution in [0, 0.1) is 0 Å². The summed E-state index contributed by atoms with van der Waals surface area (Å²) < 4.78 is 11.1. The zero-order chi connectivity index (χ0) is 36.3. The summed E-state index contributed by atoms with van der Waals surface area (Å²) in [6, 6.07) is 0. The highest BCUT2D eigenvalue weighted by atomic mass is 16.6. The van der Waals surface area contributed by atoms with E-state index >= 15 is 0 Å². The maximum atomic E-state index is 12.2. The summed E-state index contributed by atoms with van der Waals surface area (Å²) in [6.07, 6.45) is 59.2. The van der Waals surface area contributed by atoms with Crippen molar-refractivity contribution in [2.75, 3.05) is 19.8 Å². The van der Waals surface area contributed by atoms with Crippen molar-refractivity contribution in [3.8, 4) is 0 Å². The lowest BCUT2D eigenvalue weighted by atomic mass is 10.1. The van der Waals surface area contributed by atoms with E-state index in [1.165, 1.54) is 83.5 Å². The number of carbonyl (C=O) groups excluding carboxylic acids is 1. The standard InChI is InChI=1S/C46H78O4/c1-3-5-7-9-11-13-15-17-18-19-20-21-22-23-24-25-26-27-28-29-31-33-35-37-39-41-46(48)50-45(43-47)44-49-42-40-38-36-34-32-30-16-14-12-10-8-6-4-2/h5,7,11-14,17-18,20-21,23-24,26-27,45,47H,3-4,6,8-10,15-16,19,22,25,28-44H2,1-2H3/b7-5-,13-11-,14-12-,18-17-,21-20-,24-23-,27-26-. The van der Waals surface area contributed by atoms with Crippen molar-refractivity contribution < 1.29 is 19.4 Å². The Morgan fingerprint density at radius 2 is 0.900 bits per heavy atom. The predicted octanol–water partition coefficient (Wildman–Crippen LogP) is 13.6. The monoisotopic (exact) mass is 695 g/mol. The van der Waals surface area contributed by atoms with Crippen LogP contribution in [-0.2, 0) is 14.3 Å². The van der Waals surface area contributed by atoms with Crippen molar-refractivity contribution >= 4 is 5.97 Å². The van der Waals surface area contributed by atoms with Gasteiger partial charge < -0.3 is 14.6 Å². The molecule has 0 saturated carbocycles. The molecule has 0 rings (SSSR count). The van der Waals surface area contributed by atoms with Gasteiger partial charge in [0.1, 0.15) is 6.10 Å². The third-order valence-electron chi connectivity index (χ3n) is 8.45. The van der Waals surface area contributed by atoms with Gasteiger partial charge in [0.15, 0.2) is 0 Å². The molecule has 0 amide bonds. The van der Waals surface area contributed by atoms with Gasteiger partial charge in [-0.05, 0) is 89.9 Å². The van der Waals surface area contributed by atoms with Gasteiger partial charge in [-0.15, -0.1) is 0 Å². The summed E-state index contributed by atoms with van der Waals surface area (Å²) in [5.41, 5.74) is 0. The molecule has 50 heavy (non-hydrogen) atoms. The molecular formula is C46H78O4. The molecule has 0 spiro atoms. The highest BCUT2D eigenvalue weighted by Gasteiger charge is 2.13. The molecule has 286 valence electrons. The van der Waals surface area contributed by atoms with Gasteiger partial charge in [-0.2, -0.15) is 0 Å². The molecule has 0 aliphatic heterocycles. The zero-order valence-corrected chi connectivity index (χ0v) is 32.6. The topological polar surface area (TPSA) is 55.8 Å². The van der Waals surface area contributed by atoms with Crippen molar-refractivity contribution in [3.05, 3.63) is 85.1 Å². The van der Waals surface area contributed by atoms with E-state index in [-0.39, 0.29) is 19.2 Å². The Morgan fingerprint density at radius 3 is 1.38 bits per heavy atom. The number of hydrogen-bond donors (Lipinski definition) is 1. The van der Waals surface area contributed by atoms with Crippen LogP contribution in [0.3, 0.4) is 0 Å². The largest absolute Gasteiger partial charge is 0.457 e. The molecule has 1 unspecified atom stereocenters. The van der Waals surface area contributed by atoms with Gasteiger partial charge in [0.2, 0.25) is 0 Å². The highest BCUT2D eigenvalue weighted by Crippen LogP contribution is 2.11. The quantitative estimate of drug-likeness (QED) is 0.0399. The third-order valence-corrected chi connectivity index (χ3v) is 8.45. The third kappa shape index (κ3) is 40.0. The van der Waals surface area contributed by atoms with E-state index in [0.717, 1.165) is 70.6 Å². The Bertz CT molecular complexity index is 907. The average molecular weight is 695 g/mol. The normalized spacial score (nSPS) is 13.3. The average Bonchev–Trinajstić information content (AvgIpc) is 3.12. The zero-order valence-electron chi connectivity index (χ0n) is 32.6. The number of aliphatic hydroxyl groups is 1. The van der Waals surface area contributed by atoms with Gasteiger partial charge in [-0.25, -0.2) is 0 Å². The summed E-state index contributed by atoms with van der Waals surface area (Å²) in [5.74, 6) is -0.221. The van der Waals surface area contributed by atoms with Crippen LogP contribution in [0.4, 0.5) is 0 Å². The van der Waals surface area contributed by atoms with Crippen LogP contribution in [0.2, 0.25) is 0 Å². The number of esters is 1. The molecule has 4 nitrogen and oxygen atoms in total. The van der Waals surface area contributed by atoms with Gasteiger partial charge in [0.25, 0.3) is 0 Å². The van der Waals surface area contributed by atoms with Crippen molar-refractivity contribution in [2.45, 2.75) is 180 Å². The van der Waals surface area contributed by atoms with Crippen molar-refractivity contribution in [2.24, 2.45) is 0 Å². The second-order valence-electron chi connectivity index (χ2n) is 13.3. The smallest absolute Gasteiger partial charge is 0.306 e. The molecule has 0 saturated heterocycles. The lowest BCUT2D eigenvalue weighted by molar-refractivity contribution is -0.154. The van der Waals surface area contributed by atoms with E-state index in [1.807, 2.05) is 0 Å². The van der Waals surface area contributed by atoms with Crippen LogP contribution in [-0.4, -0.2) is 37.0 Å². The molecule has 0 aromatic heterocycles. The minimum atomic E-state index is -0.549. The Kier molecular flexibility index (Phi) is 40.7. The molecule has 4 heteroatoms. The summed E-state index contributed by atoms with van der Waals surface area (Å²) in [7, 11) is 0. The molecule has 0 aromatic carbocycles. The lowest BCUT2D eigenvalue weighted by Gasteiger charge is -2.15. The van der Waals surface area contributed by atoms with Crippen LogP contribution in [0.15, 0.2) is 85.1 Å². The Morgan fingerprint density at radius 1 is 0.500 bits per heavy atom. The van der Waals surface area contributed by atoms with Crippen LogP contribution in [0.5, 0.6) is 0 Å². The van der Waals surface area contributed by atoms with Crippen molar-refractivity contribution in [1.29, 1.82) is 0 Å². The van der Waals surface area contributed by atoms with Gasteiger partial charge >= 0.3 is 5.97 Å².